The highest BCUT2D eigenvalue weighted by Crippen LogP contribution is 2.40. The number of rotatable bonds is 3. The Labute approximate surface area is 115 Å². The van der Waals surface area contributed by atoms with Crippen molar-refractivity contribution in [2.75, 3.05) is 0 Å². The molecule has 0 fully saturated rings. The molecule has 0 spiro atoms. The lowest BCUT2D eigenvalue weighted by Gasteiger charge is -2.12. The standard InChI is InChI=1S/C14H14O6/c1-7-5-10(16)12(17)11(6-7)19-20-14-8(2)3-4-9(15)13(14)18/h3-6,15-18H,1-2H3. The van der Waals surface area contributed by atoms with Crippen LogP contribution >= 0.6 is 0 Å². The van der Waals surface area contributed by atoms with E-state index in [2.05, 4.69) is 0 Å². The lowest BCUT2D eigenvalue weighted by molar-refractivity contribution is -0.104. The van der Waals surface area contributed by atoms with Gasteiger partial charge < -0.3 is 20.4 Å². The molecule has 6 heteroatoms. The SMILES string of the molecule is Cc1cc(O)c(O)c(OOc2c(C)ccc(O)c2O)c1. The Morgan fingerprint density at radius 1 is 0.800 bits per heavy atom. The van der Waals surface area contributed by atoms with Crippen LogP contribution in [0.2, 0.25) is 0 Å². The highest BCUT2D eigenvalue weighted by molar-refractivity contribution is 5.54. The highest BCUT2D eigenvalue weighted by atomic mass is 17.2. The Hall–Kier alpha value is -2.76. The first kappa shape index (κ1) is 13.7. The predicted molar refractivity (Wildman–Crippen MR) is 70.3 cm³/mol. The Balaban J connectivity index is 2.28. The molecule has 0 saturated carbocycles. The lowest BCUT2D eigenvalue weighted by Crippen LogP contribution is -2.02. The molecule has 0 aromatic heterocycles. The van der Waals surface area contributed by atoms with Crippen LogP contribution in [0, 0.1) is 13.8 Å². The second kappa shape index (κ2) is 5.08. The van der Waals surface area contributed by atoms with Gasteiger partial charge in [-0.25, -0.2) is 0 Å². The van der Waals surface area contributed by atoms with Crippen LogP contribution in [-0.2, 0) is 0 Å². The maximum Gasteiger partial charge on any atom is 0.226 e. The molecule has 2 aromatic carbocycles. The van der Waals surface area contributed by atoms with Crippen LogP contribution in [0.4, 0.5) is 0 Å². The van der Waals surface area contributed by atoms with Crippen LogP contribution in [0.3, 0.4) is 0 Å². The first-order chi connectivity index (χ1) is 9.40. The molecule has 2 aromatic rings. The van der Waals surface area contributed by atoms with E-state index in [4.69, 9.17) is 9.78 Å². The molecular formula is C14H14O6. The van der Waals surface area contributed by atoms with Crippen molar-refractivity contribution in [3.8, 4) is 34.5 Å². The van der Waals surface area contributed by atoms with Crippen LogP contribution in [-0.4, -0.2) is 20.4 Å². The van der Waals surface area contributed by atoms with E-state index in [1.54, 1.807) is 13.8 Å². The summed E-state index contributed by atoms with van der Waals surface area (Å²) in [4.78, 5) is 9.86. The van der Waals surface area contributed by atoms with Crippen molar-refractivity contribution in [3.05, 3.63) is 35.4 Å². The van der Waals surface area contributed by atoms with E-state index in [0.717, 1.165) is 0 Å². The average Bonchev–Trinajstić information content (AvgIpc) is 2.39. The zero-order chi connectivity index (χ0) is 14.9. The van der Waals surface area contributed by atoms with E-state index in [1.165, 1.54) is 24.3 Å². The number of aryl methyl sites for hydroxylation is 2. The predicted octanol–water partition coefficient (Wildman–Crippen LogP) is 2.50. The summed E-state index contributed by atoms with van der Waals surface area (Å²) in [7, 11) is 0. The van der Waals surface area contributed by atoms with E-state index in [0.29, 0.717) is 11.1 Å². The normalized spacial score (nSPS) is 10.3. The molecule has 0 aliphatic heterocycles. The summed E-state index contributed by atoms with van der Waals surface area (Å²) in [5.41, 5.74) is 1.17. The molecule has 6 nitrogen and oxygen atoms in total. The molecule has 0 heterocycles. The van der Waals surface area contributed by atoms with Crippen LogP contribution in [0.5, 0.6) is 34.5 Å². The van der Waals surface area contributed by atoms with Gasteiger partial charge in [-0.15, -0.1) is 0 Å². The van der Waals surface area contributed by atoms with Gasteiger partial charge >= 0.3 is 0 Å². The van der Waals surface area contributed by atoms with Crippen molar-refractivity contribution in [3.63, 3.8) is 0 Å². The fourth-order valence-corrected chi connectivity index (χ4v) is 1.64. The van der Waals surface area contributed by atoms with Gasteiger partial charge in [0.05, 0.1) is 0 Å². The third-order valence-electron chi connectivity index (χ3n) is 2.72. The second-order valence-corrected chi connectivity index (χ2v) is 4.38. The molecule has 0 unspecified atom stereocenters. The Morgan fingerprint density at radius 3 is 2.20 bits per heavy atom. The van der Waals surface area contributed by atoms with Gasteiger partial charge in [0.25, 0.3) is 0 Å². The summed E-state index contributed by atoms with van der Waals surface area (Å²) < 4.78 is 0. The quantitative estimate of drug-likeness (QED) is 0.391. The molecule has 0 saturated heterocycles. The number of phenolic OH excluding ortho intramolecular Hbond substituents is 4. The highest BCUT2D eigenvalue weighted by Gasteiger charge is 2.15. The smallest absolute Gasteiger partial charge is 0.226 e. The van der Waals surface area contributed by atoms with Crippen LogP contribution in [0.15, 0.2) is 24.3 Å². The number of phenols is 4. The van der Waals surface area contributed by atoms with Gasteiger partial charge in [0.1, 0.15) is 0 Å². The molecule has 106 valence electrons. The third-order valence-corrected chi connectivity index (χ3v) is 2.72. The zero-order valence-electron chi connectivity index (χ0n) is 10.9. The summed E-state index contributed by atoms with van der Waals surface area (Å²) in [6, 6.07) is 5.65. The van der Waals surface area contributed by atoms with E-state index >= 15 is 0 Å². The van der Waals surface area contributed by atoms with E-state index < -0.39 is 11.5 Å². The fourth-order valence-electron chi connectivity index (χ4n) is 1.64. The van der Waals surface area contributed by atoms with Crippen LogP contribution in [0.1, 0.15) is 11.1 Å². The monoisotopic (exact) mass is 278 g/mol. The van der Waals surface area contributed by atoms with Crippen molar-refractivity contribution >= 4 is 0 Å². The Morgan fingerprint density at radius 2 is 1.50 bits per heavy atom. The molecule has 4 N–H and O–H groups in total. The van der Waals surface area contributed by atoms with Gasteiger partial charge in [-0.1, -0.05) is 6.07 Å². The number of hydrogen-bond donors (Lipinski definition) is 4. The summed E-state index contributed by atoms with van der Waals surface area (Å²) in [5.74, 6) is -1.84. The van der Waals surface area contributed by atoms with Gasteiger partial charge in [0, 0.05) is 5.56 Å². The van der Waals surface area contributed by atoms with Crippen LogP contribution in [0.25, 0.3) is 0 Å². The summed E-state index contributed by atoms with van der Waals surface area (Å²) in [6.45, 7) is 3.34. The fraction of sp³-hybridized carbons (Fsp3) is 0.143. The van der Waals surface area contributed by atoms with Crippen molar-refractivity contribution in [1.29, 1.82) is 0 Å². The molecule has 0 amide bonds. The summed E-state index contributed by atoms with van der Waals surface area (Å²) in [6.07, 6.45) is 0. The van der Waals surface area contributed by atoms with Crippen molar-refractivity contribution in [2.24, 2.45) is 0 Å². The maximum absolute atomic E-state index is 9.67. The zero-order valence-corrected chi connectivity index (χ0v) is 10.9. The number of aromatic hydroxyl groups is 4. The minimum Gasteiger partial charge on any atom is -0.504 e. The van der Waals surface area contributed by atoms with Crippen molar-refractivity contribution in [2.45, 2.75) is 13.8 Å². The van der Waals surface area contributed by atoms with Gasteiger partial charge in [0.15, 0.2) is 11.5 Å². The molecule has 0 atom stereocenters. The summed E-state index contributed by atoms with van der Waals surface area (Å²) >= 11 is 0. The van der Waals surface area contributed by atoms with Gasteiger partial charge in [-0.05, 0) is 37.6 Å². The van der Waals surface area contributed by atoms with E-state index in [-0.39, 0.29) is 23.0 Å². The van der Waals surface area contributed by atoms with Crippen LogP contribution < -0.4 is 9.78 Å². The third kappa shape index (κ3) is 2.49. The average molecular weight is 278 g/mol. The summed E-state index contributed by atoms with van der Waals surface area (Å²) in [5, 5.41) is 38.1. The van der Waals surface area contributed by atoms with E-state index in [9.17, 15) is 20.4 Å². The van der Waals surface area contributed by atoms with Crippen molar-refractivity contribution in [1.82, 2.24) is 0 Å². The number of benzene rings is 2. The Bertz CT molecular complexity index is 651. The van der Waals surface area contributed by atoms with Gasteiger partial charge in [-0.2, -0.15) is 0 Å². The maximum atomic E-state index is 9.67. The topological polar surface area (TPSA) is 99.4 Å². The largest absolute Gasteiger partial charge is 0.504 e. The lowest BCUT2D eigenvalue weighted by atomic mass is 10.2. The molecule has 0 bridgehead atoms. The Kier molecular flexibility index (Phi) is 3.47. The van der Waals surface area contributed by atoms with Crippen molar-refractivity contribution < 1.29 is 30.2 Å². The number of hydrogen-bond acceptors (Lipinski definition) is 6. The minimum absolute atomic E-state index is 0.0783. The molecule has 0 radical (unpaired) electrons. The first-order valence-corrected chi connectivity index (χ1v) is 5.78. The molecular weight excluding hydrogens is 264 g/mol. The van der Waals surface area contributed by atoms with Gasteiger partial charge in [0.2, 0.25) is 23.0 Å². The van der Waals surface area contributed by atoms with Gasteiger partial charge in [-0.3, -0.25) is 9.78 Å². The molecule has 2 rings (SSSR count). The first-order valence-electron chi connectivity index (χ1n) is 5.78. The molecule has 0 aliphatic rings. The van der Waals surface area contributed by atoms with E-state index in [1.807, 2.05) is 0 Å². The molecule has 0 aliphatic carbocycles. The minimum atomic E-state index is -0.479. The molecule has 20 heavy (non-hydrogen) atoms. The second-order valence-electron chi connectivity index (χ2n) is 4.38.